The smallest absolute Gasteiger partial charge is 0.330 e. The molecule has 1 aliphatic rings. The lowest BCUT2D eigenvalue weighted by Gasteiger charge is -2.28. The third-order valence-electron chi connectivity index (χ3n) is 3.40. The Kier molecular flexibility index (Phi) is 8.32. The molecule has 0 saturated carbocycles. The normalized spacial score (nSPS) is 22.2. The minimum Gasteiger partial charge on any atom is -0.481 e. The van der Waals surface area contributed by atoms with E-state index in [-0.39, 0.29) is 28.7 Å². The monoisotopic (exact) mass is 348 g/mol. The molecule has 0 spiro atoms. The molecule has 0 aromatic carbocycles. The van der Waals surface area contributed by atoms with Crippen LogP contribution >= 0.6 is 0 Å². The van der Waals surface area contributed by atoms with E-state index in [2.05, 4.69) is 10.2 Å². The fourth-order valence-electron chi connectivity index (χ4n) is 1.98. The van der Waals surface area contributed by atoms with Crippen molar-refractivity contribution in [3.05, 3.63) is 0 Å². The zero-order valence-corrected chi connectivity index (χ0v) is 13.8. The Labute approximate surface area is 135 Å². The number of unbranched alkanes of at least 4 members (excludes halogenated alkanes) is 1. The van der Waals surface area contributed by atoms with Crippen molar-refractivity contribution in [3.8, 4) is 0 Å². The van der Waals surface area contributed by atoms with Crippen LogP contribution in [0.25, 0.3) is 0 Å². The van der Waals surface area contributed by atoms with Crippen molar-refractivity contribution in [3.63, 3.8) is 0 Å². The Hall–Kier alpha value is -1.22. The van der Waals surface area contributed by atoms with Gasteiger partial charge in [0.2, 0.25) is 0 Å². The summed E-state index contributed by atoms with van der Waals surface area (Å²) in [6.07, 6.45) is 3.55. The molecule has 1 amide bonds. The minimum atomic E-state index is -1.28. The second kappa shape index (κ2) is 9.73. The zero-order valence-electron chi connectivity index (χ0n) is 12.1. The third-order valence-corrected chi connectivity index (χ3v) is 6.57. The average Bonchev–Trinajstić information content (AvgIpc) is 2.44. The van der Waals surface area contributed by atoms with Crippen molar-refractivity contribution in [2.45, 2.75) is 56.2 Å². The number of amides is 1. The van der Waals surface area contributed by atoms with E-state index in [1.54, 1.807) is 0 Å². The highest BCUT2D eigenvalue weighted by molar-refractivity contribution is 8.29. The van der Waals surface area contributed by atoms with Gasteiger partial charge in [0.25, 0.3) is 5.91 Å². The quantitative estimate of drug-likeness (QED) is 0.458. The van der Waals surface area contributed by atoms with Crippen LogP contribution in [0.3, 0.4) is 0 Å². The maximum atomic E-state index is 11.5. The second-order valence-electron chi connectivity index (χ2n) is 5.14. The summed E-state index contributed by atoms with van der Waals surface area (Å²) in [5, 5.41) is 24.8. The van der Waals surface area contributed by atoms with Gasteiger partial charge in [-0.05, 0) is 31.4 Å². The highest BCUT2D eigenvalue weighted by Gasteiger charge is 2.22. The summed E-state index contributed by atoms with van der Waals surface area (Å²) < 4.78 is 0. The average molecular weight is 348 g/mol. The molecule has 2 unspecified atom stereocenters. The van der Waals surface area contributed by atoms with Gasteiger partial charge in [-0.3, -0.25) is 9.59 Å². The molecule has 7 nitrogen and oxygen atoms in total. The number of azo groups is 1. The van der Waals surface area contributed by atoms with Gasteiger partial charge in [0.1, 0.15) is 0 Å². The number of aliphatic carboxylic acids is 2. The fraction of sp³-hybridized carbons (Fsp3) is 0.769. The fourth-order valence-corrected chi connectivity index (χ4v) is 4.04. The van der Waals surface area contributed by atoms with Crippen LogP contribution in [0, 0.1) is 0 Å². The van der Waals surface area contributed by atoms with E-state index in [1.807, 2.05) is 0 Å². The molecule has 0 radical (unpaired) electrons. The topological polar surface area (TPSA) is 116 Å². The molecule has 0 aromatic rings. The van der Waals surface area contributed by atoms with Crippen LogP contribution in [0.4, 0.5) is 0 Å². The minimum absolute atomic E-state index is 0.128. The number of carboxylic acid groups (broad SMARTS) is 2. The van der Waals surface area contributed by atoms with Gasteiger partial charge < -0.3 is 10.2 Å². The van der Waals surface area contributed by atoms with Crippen LogP contribution in [-0.4, -0.2) is 45.1 Å². The summed E-state index contributed by atoms with van der Waals surface area (Å²) >= 11 is 5.26. The first-order valence-corrected chi connectivity index (χ1v) is 9.54. The molecule has 124 valence electrons. The standard InChI is InChI=1S/C13H20N2O5S2/c16-11(4-2-1-3-9-7-8-22(9)21)15-14-10(13(19)20)5-6-12(17)18/h9-10H,1-8H2,(H,17,18)(H,19,20)/t9-,10?,22?/m1/s1. The Bertz CT molecular complexity index is 481. The lowest BCUT2D eigenvalue weighted by atomic mass is 10.1. The van der Waals surface area contributed by atoms with Crippen LogP contribution in [-0.2, 0) is 35.0 Å². The second-order valence-corrected chi connectivity index (χ2v) is 8.26. The predicted molar refractivity (Wildman–Crippen MR) is 84.6 cm³/mol. The zero-order chi connectivity index (χ0) is 16.5. The first-order valence-electron chi connectivity index (χ1n) is 7.15. The predicted octanol–water partition coefficient (Wildman–Crippen LogP) is 1.70. The number of carbonyl (C=O) groups excluding carboxylic acids is 1. The van der Waals surface area contributed by atoms with Crippen LogP contribution in [0.5, 0.6) is 0 Å². The Morgan fingerprint density at radius 2 is 1.95 bits per heavy atom. The largest absolute Gasteiger partial charge is 0.481 e. The maximum absolute atomic E-state index is 11.5. The molecule has 0 aromatic heterocycles. The molecule has 1 saturated heterocycles. The molecule has 1 rings (SSSR count). The van der Waals surface area contributed by atoms with Gasteiger partial charge in [0.05, 0.1) is 0 Å². The van der Waals surface area contributed by atoms with Gasteiger partial charge >= 0.3 is 11.9 Å². The number of hydrogen-bond donors (Lipinski definition) is 2. The summed E-state index contributed by atoms with van der Waals surface area (Å²) in [7, 11) is 0.128. The first kappa shape index (κ1) is 18.8. The molecule has 1 fully saturated rings. The number of nitrogens with zero attached hydrogens (tertiary/aromatic N) is 2. The molecular weight excluding hydrogens is 328 g/mol. The van der Waals surface area contributed by atoms with E-state index in [0.29, 0.717) is 11.7 Å². The van der Waals surface area contributed by atoms with Crippen molar-refractivity contribution < 1.29 is 24.6 Å². The van der Waals surface area contributed by atoms with Gasteiger partial charge in [-0.2, -0.15) is 5.11 Å². The number of rotatable bonds is 10. The maximum Gasteiger partial charge on any atom is 0.330 e. The van der Waals surface area contributed by atoms with Gasteiger partial charge in [-0.15, -0.1) is 14.6 Å². The molecule has 0 bridgehead atoms. The van der Waals surface area contributed by atoms with Gasteiger partial charge in [0, 0.05) is 18.1 Å². The molecule has 1 heterocycles. The van der Waals surface area contributed by atoms with Crippen molar-refractivity contribution in [1.82, 2.24) is 0 Å². The van der Waals surface area contributed by atoms with Gasteiger partial charge in [-0.1, -0.05) is 17.6 Å². The summed E-state index contributed by atoms with van der Waals surface area (Å²) in [6, 6.07) is -1.28. The van der Waals surface area contributed by atoms with E-state index in [4.69, 9.17) is 21.4 Å². The Morgan fingerprint density at radius 1 is 1.23 bits per heavy atom. The number of carbonyl (C=O) groups is 3. The lowest BCUT2D eigenvalue weighted by molar-refractivity contribution is -0.139. The van der Waals surface area contributed by atoms with Crippen LogP contribution in [0.15, 0.2) is 10.2 Å². The third kappa shape index (κ3) is 7.17. The lowest BCUT2D eigenvalue weighted by Crippen LogP contribution is -2.29. The summed E-state index contributed by atoms with van der Waals surface area (Å²) in [6.45, 7) is 0. The first-order chi connectivity index (χ1) is 10.4. The molecular formula is C13H20N2O5S2. The van der Waals surface area contributed by atoms with E-state index < -0.39 is 23.9 Å². The van der Waals surface area contributed by atoms with Crippen molar-refractivity contribution in [2.75, 3.05) is 5.75 Å². The summed E-state index contributed by atoms with van der Waals surface area (Å²) in [4.78, 5) is 32.8. The van der Waals surface area contributed by atoms with Gasteiger partial charge in [-0.25, -0.2) is 4.79 Å². The van der Waals surface area contributed by atoms with Crippen LogP contribution < -0.4 is 0 Å². The van der Waals surface area contributed by atoms with Crippen molar-refractivity contribution in [1.29, 1.82) is 0 Å². The van der Waals surface area contributed by atoms with E-state index >= 15 is 0 Å². The molecule has 3 atom stereocenters. The summed E-state index contributed by atoms with van der Waals surface area (Å²) in [5.74, 6) is -1.71. The van der Waals surface area contributed by atoms with Crippen LogP contribution in [0.2, 0.25) is 0 Å². The van der Waals surface area contributed by atoms with E-state index in [1.165, 1.54) is 6.42 Å². The number of carboxylic acids is 2. The highest BCUT2D eigenvalue weighted by Crippen LogP contribution is 2.22. The van der Waals surface area contributed by atoms with Crippen molar-refractivity contribution in [2.24, 2.45) is 10.2 Å². The molecule has 1 aliphatic heterocycles. The highest BCUT2D eigenvalue weighted by atomic mass is 32.8. The van der Waals surface area contributed by atoms with Crippen molar-refractivity contribution >= 4 is 38.5 Å². The molecule has 9 heteroatoms. The van der Waals surface area contributed by atoms with Crippen LogP contribution in [0.1, 0.15) is 44.9 Å². The number of hydrogen-bond acceptors (Lipinski definition) is 5. The molecule has 2 N–H and O–H groups in total. The van der Waals surface area contributed by atoms with E-state index in [9.17, 15) is 14.4 Å². The molecule has 0 aliphatic carbocycles. The molecule has 22 heavy (non-hydrogen) atoms. The Balaban J connectivity index is 2.24. The Morgan fingerprint density at radius 3 is 2.45 bits per heavy atom. The van der Waals surface area contributed by atoms with Gasteiger partial charge in [0.15, 0.2) is 6.04 Å². The summed E-state index contributed by atoms with van der Waals surface area (Å²) in [5.41, 5.74) is 0. The SMILES string of the molecule is O=C(O)CCC(N=NC(=O)CCCC[C@@H]1CCS1=S)C(=O)O. The van der Waals surface area contributed by atoms with E-state index in [0.717, 1.165) is 18.6 Å².